The van der Waals surface area contributed by atoms with E-state index in [1.54, 1.807) is 30.3 Å². The number of hydrogen-bond donors (Lipinski definition) is 3. The van der Waals surface area contributed by atoms with Crippen LogP contribution in [0, 0.1) is 0 Å². The Morgan fingerprint density at radius 1 is 1.00 bits per heavy atom. The van der Waals surface area contributed by atoms with Gasteiger partial charge in [-0.05, 0) is 35.0 Å². The highest BCUT2D eigenvalue weighted by Crippen LogP contribution is 2.32. The number of carbonyl (C=O) groups is 1. The van der Waals surface area contributed by atoms with E-state index in [0.717, 1.165) is 10.8 Å². The van der Waals surface area contributed by atoms with Crippen molar-refractivity contribution in [1.82, 2.24) is 0 Å². The monoisotopic (exact) mass is 342 g/mol. The molecule has 0 aliphatic carbocycles. The molecule has 0 heterocycles. The fraction of sp³-hybridized carbons (Fsp3) is 0. The van der Waals surface area contributed by atoms with E-state index in [1.165, 1.54) is 6.21 Å². The van der Waals surface area contributed by atoms with Crippen LogP contribution in [0.15, 0.2) is 59.6 Å². The van der Waals surface area contributed by atoms with Crippen LogP contribution in [-0.4, -0.2) is 22.8 Å². The maximum Gasteiger partial charge on any atom is 0.204 e. The van der Waals surface area contributed by atoms with Crippen LogP contribution in [0.2, 0.25) is 5.02 Å². The van der Waals surface area contributed by atoms with Crippen LogP contribution in [0.1, 0.15) is 5.56 Å². The molecule has 0 aliphatic heterocycles. The van der Waals surface area contributed by atoms with E-state index in [-0.39, 0.29) is 22.9 Å². The first-order valence-corrected chi connectivity index (χ1v) is 7.33. The highest BCUT2D eigenvalue weighted by molar-refractivity contribution is 6.32. The molecule has 5 nitrogen and oxygen atoms in total. The number of aromatic hydroxyl groups is 2. The Kier molecular flexibility index (Phi) is 5.76. The summed E-state index contributed by atoms with van der Waals surface area (Å²) in [5, 5.41) is 22.0. The Balaban J connectivity index is 0.000000647. The number of nitrogens with two attached hydrogens (primary N) is 1. The zero-order valence-electron chi connectivity index (χ0n) is 12.6. The summed E-state index contributed by atoms with van der Waals surface area (Å²) in [5.41, 5.74) is 5.10. The lowest BCUT2D eigenvalue weighted by atomic mass is 10.1. The van der Waals surface area contributed by atoms with Gasteiger partial charge in [0.2, 0.25) is 6.41 Å². The third-order valence-electron chi connectivity index (χ3n) is 3.20. The molecule has 3 rings (SSSR count). The second-order valence-electron chi connectivity index (χ2n) is 4.76. The molecule has 0 radical (unpaired) electrons. The fourth-order valence-corrected chi connectivity index (χ4v) is 2.28. The van der Waals surface area contributed by atoms with Gasteiger partial charge >= 0.3 is 0 Å². The van der Waals surface area contributed by atoms with Gasteiger partial charge in [-0.15, -0.1) is 0 Å². The lowest BCUT2D eigenvalue weighted by molar-refractivity contribution is -0.106. The number of phenolic OH excluding ortho intramolecular Hbond substituents is 2. The number of benzene rings is 3. The molecule has 0 atom stereocenters. The number of nitrogens with zero attached hydrogens (tertiary/aromatic N) is 1. The van der Waals surface area contributed by atoms with Crippen LogP contribution in [0.5, 0.6) is 11.5 Å². The Bertz CT molecular complexity index is 895. The van der Waals surface area contributed by atoms with E-state index in [2.05, 4.69) is 10.7 Å². The largest absolute Gasteiger partial charge is 0.506 e. The summed E-state index contributed by atoms with van der Waals surface area (Å²) in [6.45, 7) is 0. The molecule has 6 heteroatoms. The lowest BCUT2D eigenvalue weighted by Gasteiger charge is -2.03. The van der Waals surface area contributed by atoms with Gasteiger partial charge in [-0.25, -0.2) is 0 Å². The predicted octanol–water partition coefficient (Wildman–Crippen LogP) is 3.76. The van der Waals surface area contributed by atoms with E-state index in [4.69, 9.17) is 16.4 Å². The second kappa shape index (κ2) is 7.99. The van der Waals surface area contributed by atoms with Crippen LogP contribution in [0.25, 0.3) is 10.8 Å². The Morgan fingerprint density at radius 2 is 1.62 bits per heavy atom. The SMILES string of the molecule is NC=O.Oc1cc2ccccc2cc1N=Cc1cccc(Cl)c1O. The quantitative estimate of drug-likeness (QED) is 0.488. The van der Waals surface area contributed by atoms with Crippen molar-refractivity contribution < 1.29 is 15.0 Å². The van der Waals surface area contributed by atoms with Gasteiger partial charge in [-0.1, -0.05) is 41.9 Å². The molecule has 4 N–H and O–H groups in total. The van der Waals surface area contributed by atoms with Crippen LogP contribution in [0.3, 0.4) is 0 Å². The molecule has 24 heavy (non-hydrogen) atoms. The number of carbonyl (C=O) groups excluding carboxylic acids is 1. The van der Waals surface area contributed by atoms with Crippen LogP contribution < -0.4 is 5.73 Å². The molecule has 0 saturated heterocycles. The summed E-state index contributed by atoms with van der Waals surface area (Å²) < 4.78 is 0. The summed E-state index contributed by atoms with van der Waals surface area (Å²) in [4.78, 5) is 12.8. The predicted molar refractivity (Wildman–Crippen MR) is 96.2 cm³/mol. The first kappa shape index (κ1) is 17.3. The Morgan fingerprint density at radius 3 is 2.29 bits per heavy atom. The molecule has 3 aromatic carbocycles. The number of phenols is 2. The summed E-state index contributed by atoms with van der Waals surface area (Å²) in [6.07, 6.45) is 1.73. The molecule has 122 valence electrons. The smallest absolute Gasteiger partial charge is 0.204 e. The van der Waals surface area contributed by atoms with Crippen molar-refractivity contribution >= 4 is 40.7 Å². The van der Waals surface area contributed by atoms with Crippen LogP contribution in [0.4, 0.5) is 5.69 Å². The molecular formula is C18H15ClN2O3. The lowest BCUT2D eigenvalue weighted by Crippen LogP contribution is -1.83. The molecule has 0 bridgehead atoms. The van der Waals surface area contributed by atoms with E-state index in [0.29, 0.717) is 11.3 Å². The molecule has 0 fully saturated rings. The number of primary amides is 1. The van der Waals surface area contributed by atoms with Crippen LogP contribution >= 0.6 is 11.6 Å². The van der Waals surface area contributed by atoms with Crippen molar-refractivity contribution in [2.75, 3.05) is 0 Å². The number of halogens is 1. The van der Waals surface area contributed by atoms with Crippen molar-refractivity contribution in [3.05, 3.63) is 65.2 Å². The van der Waals surface area contributed by atoms with Crippen molar-refractivity contribution in [2.24, 2.45) is 10.7 Å². The van der Waals surface area contributed by atoms with E-state index < -0.39 is 0 Å². The van der Waals surface area contributed by atoms with E-state index in [9.17, 15) is 10.2 Å². The standard InChI is InChI=1S/C17H12ClNO2.CH3NO/c18-14-7-3-6-13(17(14)21)10-19-15-8-11-4-1-2-5-12(11)9-16(15)20;2-1-3/h1-10,20-21H;1H,(H2,2,3). The summed E-state index contributed by atoms with van der Waals surface area (Å²) in [6, 6.07) is 16.2. The molecule has 0 unspecified atom stereocenters. The number of para-hydroxylation sites is 1. The zero-order valence-corrected chi connectivity index (χ0v) is 13.3. The van der Waals surface area contributed by atoms with Crippen molar-refractivity contribution in [1.29, 1.82) is 0 Å². The highest BCUT2D eigenvalue weighted by Gasteiger charge is 2.04. The molecule has 1 amide bonds. The summed E-state index contributed by atoms with van der Waals surface area (Å²) in [7, 11) is 0. The minimum Gasteiger partial charge on any atom is -0.506 e. The minimum atomic E-state index is -0.0248. The Labute approximate surface area is 143 Å². The molecule has 0 aliphatic rings. The molecule has 0 spiro atoms. The van der Waals surface area contributed by atoms with Gasteiger partial charge in [-0.2, -0.15) is 0 Å². The number of hydrogen-bond acceptors (Lipinski definition) is 4. The third kappa shape index (κ3) is 4.02. The van der Waals surface area contributed by atoms with Gasteiger partial charge < -0.3 is 15.9 Å². The van der Waals surface area contributed by atoms with Gasteiger partial charge in [0, 0.05) is 11.8 Å². The zero-order chi connectivity index (χ0) is 17.5. The number of aliphatic imine (C=N–C) groups is 1. The molecule has 0 aromatic heterocycles. The second-order valence-corrected chi connectivity index (χ2v) is 5.17. The topological polar surface area (TPSA) is 95.9 Å². The third-order valence-corrected chi connectivity index (χ3v) is 3.51. The average Bonchev–Trinajstić information content (AvgIpc) is 2.57. The van der Waals surface area contributed by atoms with E-state index in [1.807, 2.05) is 24.3 Å². The summed E-state index contributed by atoms with van der Waals surface area (Å²) in [5.74, 6) is 0.0645. The molecule has 0 saturated carbocycles. The highest BCUT2D eigenvalue weighted by atomic mass is 35.5. The van der Waals surface area contributed by atoms with Crippen molar-refractivity contribution in [2.45, 2.75) is 0 Å². The minimum absolute atomic E-state index is 0.0248. The first-order valence-electron chi connectivity index (χ1n) is 6.95. The first-order chi connectivity index (χ1) is 11.6. The summed E-state index contributed by atoms with van der Waals surface area (Å²) >= 11 is 5.84. The van der Waals surface area contributed by atoms with Gasteiger partial charge in [-0.3, -0.25) is 9.79 Å². The van der Waals surface area contributed by atoms with Gasteiger partial charge in [0.15, 0.2) is 0 Å². The average molecular weight is 343 g/mol. The maximum absolute atomic E-state index is 10.0. The number of rotatable bonds is 2. The normalized spacial score (nSPS) is 10.4. The molecular weight excluding hydrogens is 328 g/mol. The van der Waals surface area contributed by atoms with Gasteiger partial charge in [0.25, 0.3) is 0 Å². The molecule has 3 aromatic rings. The van der Waals surface area contributed by atoms with Crippen molar-refractivity contribution in [3.63, 3.8) is 0 Å². The maximum atomic E-state index is 10.0. The number of fused-ring (bicyclic) bond motifs is 1. The Hall–Kier alpha value is -3.05. The van der Waals surface area contributed by atoms with E-state index >= 15 is 0 Å². The van der Waals surface area contributed by atoms with Crippen molar-refractivity contribution in [3.8, 4) is 11.5 Å². The number of amides is 1. The fourth-order valence-electron chi connectivity index (χ4n) is 2.09. The van der Waals surface area contributed by atoms with Gasteiger partial charge in [0.1, 0.15) is 17.2 Å². The van der Waals surface area contributed by atoms with Crippen LogP contribution in [-0.2, 0) is 4.79 Å². The van der Waals surface area contributed by atoms with Gasteiger partial charge in [0.05, 0.1) is 5.02 Å².